The fraction of sp³-hybridized carbons (Fsp3) is 0.300. The number of aromatic hydroxyl groups is 1. The van der Waals surface area contributed by atoms with Crippen molar-refractivity contribution >= 4 is 11.9 Å². The second-order valence-corrected chi connectivity index (χ2v) is 3.37. The van der Waals surface area contributed by atoms with E-state index in [4.69, 9.17) is 9.47 Å². The van der Waals surface area contributed by atoms with Gasteiger partial charge in [0.15, 0.2) is 5.75 Å². The number of hydrogen-bond donors (Lipinski definition) is 1. The molecule has 0 radical (unpaired) electrons. The summed E-state index contributed by atoms with van der Waals surface area (Å²) in [5.74, 6) is -1.54. The molecule has 2 rings (SSSR count). The van der Waals surface area contributed by atoms with E-state index in [1.807, 2.05) is 0 Å². The third-order valence-electron chi connectivity index (χ3n) is 2.21. The number of nitrogens with zero attached hydrogens (tertiary/aromatic N) is 1. The van der Waals surface area contributed by atoms with Crippen molar-refractivity contribution in [2.45, 2.75) is 20.1 Å². The molecular weight excluding hydrogens is 214 g/mol. The third-order valence-corrected chi connectivity index (χ3v) is 2.21. The average molecular weight is 223 g/mol. The van der Waals surface area contributed by atoms with Gasteiger partial charge >= 0.3 is 11.9 Å². The zero-order chi connectivity index (χ0) is 11.9. The second kappa shape index (κ2) is 3.48. The number of esters is 2. The highest BCUT2D eigenvalue weighted by Crippen LogP contribution is 2.37. The predicted molar refractivity (Wildman–Crippen MR) is 50.6 cm³/mol. The lowest BCUT2D eigenvalue weighted by Gasteiger charge is -2.09. The molecule has 0 saturated heterocycles. The minimum absolute atomic E-state index is 0.0127. The maximum Gasteiger partial charge on any atom is 0.345 e. The van der Waals surface area contributed by atoms with Crippen LogP contribution in [0.1, 0.15) is 34.8 Å². The molecule has 1 atom stereocenters. The Morgan fingerprint density at radius 3 is 2.94 bits per heavy atom. The van der Waals surface area contributed by atoms with Gasteiger partial charge in [-0.3, -0.25) is 9.78 Å². The van der Waals surface area contributed by atoms with Gasteiger partial charge in [0.05, 0.1) is 11.3 Å². The first kappa shape index (κ1) is 10.4. The fourth-order valence-electron chi connectivity index (χ4n) is 1.46. The summed E-state index contributed by atoms with van der Waals surface area (Å²) in [6, 6.07) is 0. The van der Waals surface area contributed by atoms with E-state index in [1.54, 1.807) is 6.92 Å². The van der Waals surface area contributed by atoms with Gasteiger partial charge in [-0.05, 0) is 6.92 Å². The predicted octanol–water partition coefficient (Wildman–Crippen LogP) is 0.828. The molecule has 0 amide bonds. The average Bonchev–Trinajstić information content (AvgIpc) is 2.49. The first-order valence-corrected chi connectivity index (χ1v) is 4.57. The molecule has 6 heteroatoms. The van der Waals surface area contributed by atoms with Crippen molar-refractivity contribution in [1.29, 1.82) is 0 Å². The fourth-order valence-corrected chi connectivity index (χ4v) is 1.46. The quantitative estimate of drug-likeness (QED) is 0.709. The highest BCUT2D eigenvalue weighted by Gasteiger charge is 2.36. The summed E-state index contributed by atoms with van der Waals surface area (Å²) in [5, 5.41) is 9.64. The van der Waals surface area contributed by atoms with E-state index in [-0.39, 0.29) is 16.9 Å². The maximum atomic E-state index is 11.4. The summed E-state index contributed by atoms with van der Waals surface area (Å²) in [5.41, 5.74) is 0.598. The van der Waals surface area contributed by atoms with Crippen molar-refractivity contribution < 1.29 is 24.2 Å². The van der Waals surface area contributed by atoms with Crippen LogP contribution in [-0.2, 0) is 14.3 Å². The van der Waals surface area contributed by atoms with Gasteiger partial charge in [-0.1, -0.05) is 0 Å². The lowest BCUT2D eigenvalue weighted by Crippen LogP contribution is -2.08. The van der Waals surface area contributed by atoms with Crippen molar-refractivity contribution in [3.05, 3.63) is 23.0 Å². The van der Waals surface area contributed by atoms with Gasteiger partial charge in [0.1, 0.15) is 5.56 Å². The number of carbonyl (C=O) groups excluding carboxylic acids is 2. The van der Waals surface area contributed by atoms with Crippen LogP contribution >= 0.6 is 0 Å². The normalized spacial score (nSPS) is 17.9. The van der Waals surface area contributed by atoms with E-state index >= 15 is 0 Å². The van der Waals surface area contributed by atoms with Crippen molar-refractivity contribution in [1.82, 2.24) is 4.98 Å². The van der Waals surface area contributed by atoms with Crippen LogP contribution in [0.4, 0.5) is 0 Å². The lowest BCUT2D eigenvalue weighted by molar-refractivity contribution is -0.164. The van der Waals surface area contributed by atoms with Gasteiger partial charge < -0.3 is 14.6 Å². The number of pyridine rings is 1. The molecule has 1 aliphatic heterocycles. The Kier molecular flexibility index (Phi) is 2.26. The van der Waals surface area contributed by atoms with Crippen LogP contribution < -0.4 is 0 Å². The second-order valence-electron chi connectivity index (χ2n) is 3.37. The summed E-state index contributed by atoms with van der Waals surface area (Å²) in [7, 11) is 0. The summed E-state index contributed by atoms with van der Waals surface area (Å²) in [4.78, 5) is 26.1. The molecule has 1 unspecified atom stereocenters. The van der Waals surface area contributed by atoms with Gasteiger partial charge in [0.2, 0.25) is 0 Å². The molecule has 84 valence electrons. The first-order chi connectivity index (χ1) is 7.50. The maximum absolute atomic E-state index is 11.4. The molecule has 0 spiro atoms. The van der Waals surface area contributed by atoms with Crippen molar-refractivity contribution in [3.8, 4) is 5.75 Å². The van der Waals surface area contributed by atoms with E-state index in [0.29, 0.717) is 5.69 Å². The molecule has 1 aromatic heterocycles. The SMILES string of the molecule is CC(=O)OC1OC(=O)c2c1cnc(C)c2O. The number of aryl methyl sites for hydroxylation is 1. The van der Waals surface area contributed by atoms with E-state index in [0.717, 1.165) is 0 Å². The van der Waals surface area contributed by atoms with Crippen LogP contribution in [0.5, 0.6) is 5.75 Å². The van der Waals surface area contributed by atoms with Crippen molar-refractivity contribution in [3.63, 3.8) is 0 Å². The topological polar surface area (TPSA) is 85.7 Å². The molecule has 0 saturated carbocycles. The molecule has 16 heavy (non-hydrogen) atoms. The Balaban J connectivity index is 2.48. The Morgan fingerprint density at radius 2 is 2.31 bits per heavy atom. The summed E-state index contributed by atoms with van der Waals surface area (Å²) in [6.07, 6.45) is 0.238. The van der Waals surface area contributed by atoms with E-state index < -0.39 is 18.2 Å². The number of carbonyl (C=O) groups is 2. The van der Waals surface area contributed by atoms with Crippen LogP contribution in [0.3, 0.4) is 0 Å². The van der Waals surface area contributed by atoms with Crippen LogP contribution in [0.2, 0.25) is 0 Å². The minimum atomic E-state index is -1.11. The molecule has 1 aromatic rings. The van der Waals surface area contributed by atoms with Crippen LogP contribution in [0.25, 0.3) is 0 Å². The number of rotatable bonds is 1. The van der Waals surface area contributed by atoms with Gasteiger partial charge in [-0.25, -0.2) is 4.79 Å². The lowest BCUT2D eigenvalue weighted by atomic mass is 10.1. The molecule has 0 bridgehead atoms. The molecule has 6 nitrogen and oxygen atoms in total. The van der Waals surface area contributed by atoms with E-state index in [9.17, 15) is 14.7 Å². The summed E-state index contributed by atoms with van der Waals surface area (Å²) in [6.45, 7) is 2.76. The highest BCUT2D eigenvalue weighted by atomic mass is 16.7. The standard InChI is InChI=1S/C10H9NO5/c1-4-8(13)7-6(3-11-4)10(15-5(2)12)16-9(7)14/h3,10,13H,1-2H3. The summed E-state index contributed by atoms with van der Waals surface area (Å²) >= 11 is 0. The Hall–Kier alpha value is -2.11. The van der Waals surface area contributed by atoms with Crippen LogP contribution in [0, 0.1) is 6.92 Å². The zero-order valence-corrected chi connectivity index (χ0v) is 8.68. The molecule has 1 aliphatic rings. The monoisotopic (exact) mass is 223 g/mol. The van der Waals surface area contributed by atoms with E-state index in [1.165, 1.54) is 13.1 Å². The Bertz CT molecular complexity index is 482. The van der Waals surface area contributed by atoms with Gasteiger partial charge in [0.25, 0.3) is 6.29 Å². The number of ether oxygens (including phenoxy) is 2. The van der Waals surface area contributed by atoms with Gasteiger partial charge in [-0.2, -0.15) is 0 Å². The van der Waals surface area contributed by atoms with Crippen molar-refractivity contribution in [2.75, 3.05) is 0 Å². The number of cyclic esters (lactones) is 1. The molecule has 0 aromatic carbocycles. The van der Waals surface area contributed by atoms with E-state index in [2.05, 4.69) is 4.98 Å². The van der Waals surface area contributed by atoms with Gasteiger partial charge in [0, 0.05) is 13.1 Å². The summed E-state index contributed by atoms with van der Waals surface area (Å²) < 4.78 is 9.57. The zero-order valence-electron chi connectivity index (χ0n) is 8.68. The molecule has 1 N–H and O–H groups in total. The molecule has 2 heterocycles. The molecule has 0 fully saturated rings. The minimum Gasteiger partial charge on any atom is -0.505 e. The van der Waals surface area contributed by atoms with Crippen LogP contribution in [0.15, 0.2) is 6.20 Å². The third kappa shape index (κ3) is 1.48. The highest BCUT2D eigenvalue weighted by molar-refractivity contribution is 5.97. The Labute approximate surface area is 90.8 Å². The Morgan fingerprint density at radius 1 is 1.62 bits per heavy atom. The van der Waals surface area contributed by atoms with Gasteiger partial charge in [-0.15, -0.1) is 0 Å². The number of hydrogen-bond acceptors (Lipinski definition) is 6. The first-order valence-electron chi connectivity index (χ1n) is 4.57. The van der Waals surface area contributed by atoms with Crippen LogP contribution in [-0.4, -0.2) is 22.0 Å². The molecular formula is C10H9NO5. The smallest absolute Gasteiger partial charge is 0.345 e. The van der Waals surface area contributed by atoms with Crippen molar-refractivity contribution in [2.24, 2.45) is 0 Å². The number of aromatic nitrogens is 1. The largest absolute Gasteiger partial charge is 0.505 e. The molecule has 0 aliphatic carbocycles. The number of fused-ring (bicyclic) bond motifs is 1.